The molecule has 0 atom stereocenters. The monoisotopic (exact) mass is 230 g/mol. The normalized spacial score (nSPS) is 10.4. The SMILES string of the molecule is CCc1ccc(-n2ccc(CC(=O)O)n2)cc1. The minimum atomic E-state index is -0.864. The van der Waals surface area contributed by atoms with Crippen LogP contribution in [0.1, 0.15) is 18.2 Å². The van der Waals surface area contributed by atoms with Gasteiger partial charge >= 0.3 is 5.97 Å². The van der Waals surface area contributed by atoms with Crippen LogP contribution in [0.2, 0.25) is 0 Å². The first-order chi connectivity index (χ1) is 8.19. The highest BCUT2D eigenvalue weighted by molar-refractivity contribution is 5.69. The topological polar surface area (TPSA) is 55.1 Å². The number of rotatable bonds is 4. The smallest absolute Gasteiger partial charge is 0.309 e. The molecule has 1 aromatic carbocycles. The second kappa shape index (κ2) is 4.82. The van der Waals surface area contributed by atoms with Gasteiger partial charge in [-0.25, -0.2) is 4.68 Å². The van der Waals surface area contributed by atoms with Gasteiger partial charge < -0.3 is 5.11 Å². The molecule has 0 saturated heterocycles. The predicted octanol–water partition coefficient (Wildman–Crippen LogP) is 2.06. The predicted molar refractivity (Wildman–Crippen MR) is 64.3 cm³/mol. The number of aryl methyl sites for hydroxylation is 1. The first-order valence-electron chi connectivity index (χ1n) is 5.54. The quantitative estimate of drug-likeness (QED) is 0.874. The summed E-state index contributed by atoms with van der Waals surface area (Å²) >= 11 is 0. The lowest BCUT2D eigenvalue weighted by Gasteiger charge is -2.02. The van der Waals surface area contributed by atoms with Crippen LogP contribution in [0.25, 0.3) is 5.69 Å². The van der Waals surface area contributed by atoms with Crippen molar-refractivity contribution in [3.05, 3.63) is 47.8 Å². The molecule has 0 aliphatic rings. The molecule has 0 radical (unpaired) electrons. The van der Waals surface area contributed by atoms with Gasteiger partial charge in [0.2, 0.25) is 0 Å². The van der Waals surface area contributed by atoms with Crippen molar-refractivity contribution >= 4 is 5.97 Å². The first-order valence-corrected chi connectivity index (χ1v) is 5.54. The van der Waals surface area contributed by atoms with Crippen molar-refractivity contribution in [2.24, 2.45) is 0 Å². The summed E-state index contributed by atoms with van der Waals surface area (Å²) in [5.41, 5.74) is 2.78. The number of benzene rings is 1. The molecular weight excluding hydrogens is 216 g/mol. The summed E-state index contributed by atoms with van der Waals surface area (Å²) in [7, 11) is 0. The zero-order valence-corrected chi connectivity index (χ0v) is 9.63. The van der Waals surface area contributed by atoms with Crippen molar-refractivity contribution in [3.8, 4) is 5.69 Å². The van der Waals surface area contributed by atoms with Crippen LogP contribution in [0, 0.1) is 0 Å². The highest BCUT2D eigenvalue weighted by atomic mass is 16.4. The molecule has 0 amide bonds. The Balaban J connectivity index is 2.21. The van der Waals surface area contributed by atoms with Crippen molar-refractivity contribution in [1.29, 1.82) is 0 Å². The first kappa shape index (κ1) is 11.4. The highest BCUT2D eigenvalue weighted by Crippen LogP contribution is 2.10. The van der Waals surface area contributed by atoms with E-state index in [9.17, 15) is 4.79 Å². The van der Waals surface area contributed by atoms with Gasteiger partial charge in [0.15, 0.2) is 0 Å². The van der Waals surface area contributed by atoms with E-state index in [-0.39, 0.29) is 6.42 Å². The Hall–Kier alpha value is -2.10. The van der Waals surface area contributed by atoms with Gasteiger partial charge in [0, 0.05) is 6.20 Å². The lowest BCUT2D eigenvalue weighted by atomic mass is 10.1. The van der Waals surface area contributed by atoms with Gasteiger partial charge in [-0.2, -0.15) is 5.10 Å². The van der Waals surface area contributed by atoms with Gasteiger partial charge in [-0.1, -0.05) is 19.1 Å². The second-order valence-corrected chi connectivity index (χ2v) is 3.84. The standard InChI is InChI=1S/C13H14N2O2/c1-2-10-3-5-12(6-4-10)15-8-7-11(14-15)9-13(16)17/h3-8H,2,9H2,1H3,(H,16,17). The summed E-state index contributed by atoms with van der Waals surface area (Å²) in [6, 6.07) is 9.79. The average Bonchev–Trinajstić information content (AvgIpc) is 2.77. The fourth-order valence-corrected chi connectivity index (χ4v) is 1.64. The molecule has 0 saturated carbocycles. The summed E-state index contributed by atoms with van der Waals surface area (Å²) in [5, 5.41) is 12.9. The molecule has 1 heterocycles. The molecule has 0 spiro atoms. The number of carboxylic acids is 1. The number of hydrogen-bond donors (Lipinski definition) is 1. The minimum Gasteiger partial charge on any atom is -0.481 e. The fraction of sp³-hybridized carbons (Fsp3) is 0.231. The third kappa shape index (κ3) is 2.72. The lowest BCUT2D eigenvalue weighted by molar-refractivity contribution is -0.136. The maximum Gasteiger partial charge on any atom is 0.309 e. The zero-order valence-electron chi connectivity index (χ0n) is 9.63. The third-order valence-electron chi connectivity index (χ3n) is 2.59. The van der Waals surface area contributed by atoms with Crippen molar-refractivity contribution in [3.63, 3.8) is 0 Å². The number of aliphatic carboxylic acids is 1. The van der Waals surface area contributed by atoms with E-state index in [1.165, 1.54) is 5.56 Å². The maximum absolute atomic E-state index is 10.5. The van der Waals surface area contributed by atoms with Crippen molar-refractivity contribution in [2.75, 3.05) is 0 Å². The lowest BCUT2D eigenvalue weighted by Crippen LogP contribution is -2.02. The minimum absolute atomic E-state index is 0.0416. The zero-order chi connectivity index (χ0) is 12.3. The van der Waals surface area contributed by atoms with Gasteiger partial charge in [0.05, 0.1) is 17.8 Å². The molecule has 4 heteroatoms. The van der Waals surface area contributed by atoms with Crippen LogP contribution in [-0.4, -0.2) is 20.9 Å². The Kier molecular flexibility index (Phi) is 3.23. The number of carbonyl (C=O) groups is 1. The van der Waals surface area contributed by atoms with E-state index < -0.39 is 5.97 Å². The Morgan fingerprint density at radius 2 is 2.00 bits per heavy atom. The van der Waals surface area contributed by atoms with E-state index in [0.717, 1.165) is 12.1 Å². The highest BCUT2D eigenvalue weighted by Gasteiger charge is 2.05. The van der Waals surface area contributed by atoms with Crippen molar-refractivity contribution < 1.29 is 9.90 Å². The molecular formula is C13H14N2O2. The van der Waals surface area contributed by atoms with E-state index in [0.29, 0.717) is 5.69 Å². The largest absolute Gasteiger partial charge is 0.481 e. The molecule has 0 bridgehead atoms. The van der Waals surface area contributed by atoms with E-state index in [2.05, 4.69) is 12.0 Å². The van der Waals surface area contributed by atoms with Gasteiger partial charge in [-0.05, 0) is 30.2 Å². The summed E-state index contributed by atoms with van der Waals surface area (Å²) in [4.78, 5) is 10.5. The molecule has 0 aliphatic carbocycles. The summed E-state index contributed by atoms with van der Waals surface area (Å²) in [6.45, 7) is 2.11. The number of carboxylic acid groups (broad SMARTS) is 1. The maximum atomic E-state index is 10.5. The Bertz CT molecular complexity index is 514. The summed E-state index contributed by atoms with van der Waals surface area (Å²) in [6.07, 6.45) is 2.74. The summed E-state index contributed by atoms with van der Waals surface area (Å²) in [5.74, 6) is -0.864. The van der Waals surface area contributed by atoms with Crippen LogP contribution >= 0.6 is 0 Å². The molecule has 0 fully saturated rings. The fourth-order valence-electron chi connectivity index (χ4n) is 1.64. The van der Waals surface area contributed by atoms with Gasteiger partial charge in [-0.3, -0.25) is 4.79 Å². The van der Waals surface area contributed by atoms with Crippen LogP contribution in [0.4, 0.5) is 0 Å². The Morgan fingerprint density at radius 3 is 2.59 bits per heavy atom. The molecule has 2 rings (SSSR count). The number of hydrogen-bond acceptors (Lipinski definition) is 2. The molecule has 0 unspecified atom stereocenters. The van der Waals surface area contributed by atoms with Gasteiger partial charge in [-0.15, -0.1) is 0 Å². The van der Waals surface area contributed by atoms with Gasteiger partial charge in [0.25, 0.3) is 0 Å². The van der Waals surface area contributed by atoms with Crippen LogP contribution in [0.3, 0.4) is 0 Å². The van der Waals surface area contributed by atoms with Crippen LogP contribution < -0.4 is 0 Å². The van der Waals surface area contributed by atoms with Gasteiger partial charge in [0.1, 0.15) is 0 Å². The van der Waals surface area contributed by atoms with Crippen LogP contribution in [0.15, 0.2) is 36.5 Å². The number of nitrogens with zero attached hydrogens (tertiary/aromatic N) is 2. The molecule has 1 N–H and O–H groups in total. The van der Waals surface area contributed by atoms with Crippen LogP contribution in [-0.2, 0) is 17.6 Å². The van der Waals surface area contributed by atoms with E-state index in [1.807, 2.05) is 24.3 Å². The Labute approximate surface area is 99.5 Å². The van der Waals surface area contributed by atoms with Crippen molar-refractivity contribution in [2.45, 2.75) is 19.8 Å². The molecule has 4 nitrogen and oxygen atoms in total. The molecule has 0 aliphatic heterocycles. The summed E-state index contributed by atoms with van der Waals surface area (Å²) < 4.78 is 1.69. The van der Waals surface area contributed by atoms with E-state index in [4.69, 9.17) is 5.11 Å². The average molecular weight is 230 g/mol. The second-order valence-electron chi connectivity index (χ2n) is 3.84. The third-order valence-corrected chi connectivity index (χ3v) is 2.59. The van der Waals surface area contributed by atoms with Crippen LogP contribution in [0.5, 0.6) is 0 Å². The van der Waals surface area contributed by atoms with E-state index in [1.54, 1.807) is 16.9 Å². The molecule has 17 heavy (non-hydrogen) atoms. The Morgan fingerprint density at radius 1 is 1.29 bits per heavy atom. The molecule has 2 aromatic rings. The molecule has 88 valence electrons. The number of aromatic nitrogens is 2. The van der Waals surface area contributed by atoms with Crippen molar-refractivity contribution in [1.82, 2.24) is 9.78 Å². The molecule has 1 aromatic heterocycles. The van der Waals surface area contributed by atoms with E-state index >= 15 is 0 Å².